The molecule has 2 aromatic rings. The zero-order valence-electron chi connectivity index (χ0n) is 15.5. The van der Waals surface area contributed by atoms with Gasteiger partial charge in [-0.15, -0.1) is 12.4 Å². The first-order valence-electron chi connectivity index (χ1n) is 8.61. The van der Waals surface area contributed by atoms with E-state index in [1.54, 1.807) is 18.2 Å². The smallest absolute Gasteiger partial charge is 0.256 e. The van der Waals surface area contributed by atoms with Crippen LogP contribution in [0.15, 0.2) is 36.4 Å². The number of nitrogens with two attached hydrogens (primary N) is 1. The van der Waals surface area contributed by atoms with Crippen molar-refractivity contribution < 1.29 is 9.59 Å². The largest absolute Gasteiger partial charge is 0.399 e. The Hall–Kier alpha value is -2.18. The Labute approximate surface area is 170 Å². The number of aryl methyl sites for hydroxylation is 1. The van der Waals surface area contributed by atoms with Crippen LogP contribution in [0.3, 0.4) is 0 Å². The third kappa shape index (κ3) is 4.76. The van der Waals surface area contributed by atoms with E-state index in [0.717, 1.165) is 35.7 Å². The molecule has 7 heteroatoms. The Morgan fingerprint density at radius 3 is 2.48 bits per heavy atom. The predicted molar refractivity (Wildman–Crippen MR) is 115 cm³/mol. The molecule has 27 heavy (non-hydrogen) atoms. The maximum atomic E-state index is 12.8. The lowest BCUT2D eigenvalue weighted by atomic mass is 10.0. The van der Waals surface area contributed by atoms with E-state index in [0.29, 0.717) is 22.5 Å². The molecule has 0 saturated carbocycles. The normalized spacial score (nSPS) is 13.6. The van der Waals surface area contributed by atoms with Gasteiger partial charge in [0.25, 0.3) is 11.8 Å². The molecule has 0 unspecified atom stereocenters. The number of halogens is 1. The summed E-state index contributed by atoms with van der Waals surface area (Å²) in [7, 11) is 0. The number of hydrogen-bond donors (Lipinski definition) is 2. The maximum absolute atomic E-state index is 12.8. The third-order valence-corrected chi connectivity index (χ3v) is 5.56. The Kier molecular flexibility index (Phi) is 7.16. The summed E-state index contributed by atoms with van der Waals surface area (Å²) in [4.78, 5) is 27.4. The first kappa shape index (κ1) is 21.1. The van der Waals surface area contributed by atoms with Crippen LogP contribution >= 0.6 is 24.2 Å². The molecule has 1 heterocycles. The van der Waals surface area contributed by atoms with Crippen LogP contribution in [0.5, 0.6) is 0 Å². The van der Waals surface area contributed by atoms with Crippen LogP contribution in [-0.4, -0.2) is 41.3 Å². The van der Waals surface area contributed by atoms with E-state index in [1.165, 1.54) is 0 Å². The summed E-state index contributed by atoms with van der Waals surface area (Å²) in [6, 6.07) is 10.7. The molecule has 1 aliphatic rings. The molecule has 2 aromatic carbocycles. The molecule has 0 bridgehead atoms. The van der Waals surface area contributed by atoms with Gasteiger partial charge in [-0.3, -0.25) is 9.59 Å². The molecule has 1 fully saturated rings. The summed E-state index contributed by atoms with van der Waals surface area (Å²) < 4.78 is 0. The number of hydrogen-bond acceptors (Lipinski definition) is 4. The molecule has 1 saturated heterocycles. The van der Waals surface area contributed by atoms with Crippen molar-refractivity contribution in [3.8, 4) is 0 Å². The van der Waals surface area contributed by atoms with E-state index in [9.17, 15) is 9.59 Å². The molecule has 5 nitrogen and oxygen atoms in total. The van der Waals surface area contributed by atoms with Gasteiger partial charge in [0, 0.05) is 47.1 Å². The predicted octanol–water partition coefficient (Wildman–Crippen LogP) is 3.75. The molecule has 3 rings (SSSR count). The highest BCUT2D eigenvalue weighted by atomic mass is 35.5. The van der Waals surface area contributed by atoms with Crippen LogP contribution in [-0.2, 0) is 0 Å². The molecule has 0 aromatic heterocycles. The van der Waals surface area contributed by atoms with Crippen LogP contribution in [0, 0.1) is 13.8 Å². The van der Waals surface area contributed by atoms with Crippen molar-refractivity contribution in [1.29, 1.82) is 0 Å². The first-order chi connectivity index (χ1) is 12.5. The second-order valence-electron chi connectivity index (χ2n) is 6.41. The molecular weight excluding hydrogens is 382 g/mol. The number of rotatable bonds is 3. The number of nitrogen functional groups attached to an aromatic ring is 1. The van der Waals surface area contributed by atoms with Gasteiger partial charge < -0.3 is 16.0 Å². The molecular formula is C20H24ClN3O2S. The zero-order chi connectivity index (χ0) is 18.7. The molecule has 0 atom stereocenters. The molecule has 2 amide bonds. The van der Waals surface area contributed by atoms with Crippen LogP contribution in [0.1, 0.15) is 31.8 Å². The van der Waals surface area contributed by atoms with Crippen LogP contribution in [0.25, 0.3) is 0 Å². The minimum atomic E-state index is -0.225. The van der Waals surface area contributed by atoms with Crippen molar-refractivity contribution in [2.75, 3.05) is 35.6 Å². The average molecular weight is 406 g/mol. The molecule has 3 N–H and O–H groups in total. The number of carbonyl (C=O) groups is 2. The highest BCUT2D eigenvalue weighted by molar-refractivity contribution is 7.99. The summed E-state index contributed by atoms with van der Waals surface area (Å²) in [5.41, 5.74) is 9.81. The van der Waals surface area contributed by atoms with E-state index < -0.39 is 0 Å². The molecule has 144 valence electrons. The van der Waals surface area contributed by atoms with Crippen molar-refractivity contribution in [3.63, 3.8) is 0 Å². The third-order valence-electron chi connectivity index (χ3n) is 4.62. The fourth-order valence-electron chi connectivity index (χ4n) is 3.01. The number of nitrogens with one attached hydrogen (secondary N) is 1. The molecule has 1 aliphatic heterocycles. The Morgan fingerprint density at radius 2 is 1.78 bits per heavy atom. The second-order valence-corrected chi connectivity index (χ2v) is 7.64. The summed E-state index contributed by atoms with van der Waals surface area (Å²) in [6.07, 6.45) is 0. The fourth-order valence-corrected chi connectivity index (χ4v) is 3.92. The summed E-state index contributed by atoms with van der Waals surface area (Å²) in [5.74, 6) is 1.74. The SMILES string of the molecule is Cc1ccc(N)cc1C(=O)Nc1cccc(C(=O)N2CCSCC2)c1C.Cl. The molecule has 0 spiro atoms. The van der Waals surface area contributed by atoms with Gasteiger partial charge in [0.1, 0.15) is 0 Å². The van der Waals surface area contributed by atoms with Crippen LogP contribution < -0.4 is 11.1 Å². The lowest BCUT2D eigenvalue weighted by Gasteiger charge is -2.27. The van der Waals surface area contributed by atoms with Crippen molar-refractivity contribution in [2.45, 2.75) is 13.8 Å². The Bertz CT molecular complexity index is 851. The van der Waals surface area contributed by atoms with Crippen molar-refractivity contribution in [3.05, 3.63) is 58.7 Å². The van der Waals surface area contributed by atoms with Gasteiger partial charge in [0.05, 0.1) is 0 Å². The topological polar surface area (TPSA) is 75.4 Å². The minimum Gasteiger partial charge on any atom is -0.399 e. The second kappa shape index (κ2) is 9.15. The Balaban J connectivity index is 0.00000261. The van der Waals surface area contributed by atoms with Crippen molar-refractivity contribution in [2.24, 2.45) is 0 Å². The van der Waals surface area contributed by atoms with Gasteiger partial charge >= 0.3 is 0 Å². The number of benzene rings is 2. The van der Waals surface area contributed by atoms with E-state index in [2.05, 4.69) is 5.32 Å². The van der Waals surface area contributed by atoms with Crippen LogP contribution in [0.2, 0.25) is 0 Å². The highest BCUT2D eigenvalue weighted by Gasteiger charge is 2.21. The van der Waals surface area contributed by atoms with Gasteiger partial charge in [0.2, 0.25) is 0 Å². The van der Waals surface area contributed by atoms with Gasteiger partial charge in [-0.1, -0.05) is 12.1 Å². The standard InChI is InChI=1S/C20H23N3O2S.ClH/c1-13-6-7-15(21)12-17(13)19(24)22-18-5-3-4-16(14(18)2)20(25)23-8-10-26-11-9-23;/h3-7,12H,8-11,21H2,1-2H3,(H,22,24);1H. The van der Waals surface area contributed by atoms with Gasteiger partial charge in [-0.2, -0.15) is 11.8 Å². The van der Waals surface area contributed by atoms with Gasteiger partial charge in [0.15, 0.2) is 0 Å². The Morgan fingerprint density at radius 1 is 1.07 bits per heavy atom. The zero-order valence-corrected chi connectivity index (χ0v) is 17.1. The summed E-state index contributed by atoms with van der Waals surface area (Å²) >= 11 is 1.87. The maximum Gasteiger partial charge on any atom is 0.256 e. The fraction of sp³-hybridized carbons (Fsp3) is 0.300. The van der Waals surface area contributed by atoms with E-state index in [1.807, 2.05) is 48.7 Å². The average Bonchev–Trinajstić information content (AvgIpc) is 2.65. The monoisotopic (exact) mass is 405 g/mol. The van der Waals surface area contributed by atoms with E-state index >= 15 is 0 Å². The van der Waals surface area contributed by atoms with Gasteiger partial charge in [-0.25, -0.2) is 0 Å². The van der Waals surface area contributed by atoms with E-state index in [-0.39, 0.29) is 24.2 Å². The summed E-state index contributed by atoms with van der Waals surface area (Å²) in [5, 5.41) is 2.92. The van der Waals surface area contributed by atoms with Gasteiger partial charge in [-0.05, 0) is 49.2 Å². The minimum absolute atomic E-state index is 0. The molecule has 0 aliphatic carbocycles. The first-order valence-corrected chi connectivity index (χ1v) is 9.77. The van der Waals surface area contributed by atoms with Crippen molar-refractivity contribution in [1.82, 2.24) is 4.90 Å². The number of nitrogens with zero attached hydrogens (tertiary/aromatic N) is 1. The van der Waals surface area contributed by atoms with Crippen LogP contribution in [0.4, 0.5) is 11.4 Å². The molecule has 0 radical (unpaired) electrons. The number of anilines is 2. The number of carbonyl (C=O) groups excluding carboxylic acids is 2. The highest BCUT2D eigenvalue weighted by Crippen LogP contribution is 2.23. The summed E-state index contributed by atoms with van der Waals surface area (Å²) in [6.45, 7) is 5.27. The lowest BCUT2D eigenvalue weighted by Crippen LogP contribution is -2.38. The quantitative estimate of drug-likeness (QED) is 0.762. The van der Waals surface area contributed by atoms with E-state index in [4.69, 9.17) is 5.73 Å². The number of amides is 2. The lowest BCUT2D eigenvalue weighted by molar-refractivity contribution is 0.0771. The van der Waals surface area contributed by atoms with Crippen molar-refractivity contribution >= 4 is 47.4 Å². The number of thioether (sulfide) groups is 1.